The van der Waals surface area contributed by atoms with Crippen molar-refractivity contribution in [3.8, 4) is 5.75 Å². The molecule has 0 spiro atoms. The fraction of sp³-hybridized carbons (Fsp3) is 0.625. The topological polar surface area (TPSA) is 25.8 Å². The number of nitrogens with two attached hydrogens (primary N) is 1. The molecular weight excluding hydrogens is 222 g/mol. The maximum Gasteiger partial charge on any atom is 0.118 e. The molecule has 98 valence electrons. The smallest absolute Gasteiger partial charge is 0.118 e. The lowest BCUT2D eigenvalue weighted by molar-refractivity contribution is -0.694. The van der Waals surface area contributed by atoms with Crippen LogP contribution in [0.1, 0.15) is 31.2 Å². The Kier molecular flexibility index (Phi) is 3.55. The lowest BCUT2D eigenvalue weighted by atomic mass is 9.95. The Morgan fingerprint density at radius 2 is 2.00 bits per heavy atom. The zero-order valence-corrected chi connectivity index (χ0v) is 11.3. The van der Waals surface area contributed by atoms with Crippen LogP contribution in [0.25, 0.3) is 0 Å². The van der Waals surface area contributed by atoms with E-state index in [1.807, 2.05) is 0 Å². The SMILES string of the molecule is COc1ccc(CC[NH2+][C@@H]2C[C@@H]3CC[C@@H]2C3)cc1. The Balaban J connectivity index is 1.44. The van der Waals surface area contributed by atoms with E-state index in [9.17, 15) is 0 Å². The van der Waals surface area contributed by atoms with Crippen molar-refractivity contribution in [2.24, 2.45) is 11.8 Å². The number of hydrogen-bond acceptors (Lipinski definition) is 1. The van der Waals surface area contributed by atoms with E-state index in [1.165, 1.54) is 44.2 Å². The molecule has 0 unspecified atom stereocenters. The number of ether oxygens (including phenoxy) is 1. The normalized spacial score (nSPS) is 29.7. The first-order chi connectivity index (χ1) is 8.85. The molecular formula is C16H24NO+. The largest absolute Gasteiger partial charge is 0.497 e. The van der Waals surface area contributed by atoms with Crippen molar-refractivity contribution in [3.63, 3.8) is 0 Å². The number of methoxy groups -OCH3 is 1. The third kappa shape index (κ3) is 2.54. The maximum absolute atomic E-state index is 5.18. The van der Waals surface area contributed by atoms with E-state index in [4.69, 9.17) is 4.74 Å². The molecule has 0 aliphatic heterocycles. The van der Waals surface area contributed by atoms with Crippen LogP contribution < -0.4 is 10.1 Å². The van der Waals surface area contributed by atoms with Crippen LogP contribution >= 0.6 is 0 Å². The second-order valence-corrected chi connectivity index (χ2v) is 5.96. The molecule has 0 amide bonds. The maximum atomic E-state index is 5.18. The van der Waals surface area contributed by atoms with E-state index in [1.54, 1.807) is 7.11 Å². The molecule has 18 heavy (non-hydrogen) atoms. The third-order valence-corrected chi connectivity index (χ3v) is 4.85. The molecule has 2 fully saturated rings. The van der Waals surface area contributed by atoms with Gasteiger partial charge in [-0.1, -0.05) is 12.1 Å². The number of quaternary nitrogens is 1. The van der Waals surface area contributed by atoms with Gasteiger partial charge in [0.05, 0.1) is 19.7 Å². The molecule has 1 aromatic rings. The van der Waals surface area contributed by atoms with Crippen molar-refractivity contribution in [2.45, 2.75) is 38.1 Å². The molecule has 1 aromatic carbocycles. The van der Waals surface area contributed by atoms with E-state index >= 15 is 0 Å². The summed E-state index contributed by atoms with van der Waals surface area (Å²) in [5, 5.41) is 2.61. The Morgan fingerprint density at radius 1 is 1.17 bits per heavy atom. The number of fused-ring (bicyclic) bond motifs is 2. The second kappa shape index (κ2) is 5.31. The molecule has 3 rings (SSSR count). The monoisotopic (exact) mass is 246 g/mol. The van der Waals surface area contributed by atoms with Crippen molar-refractivity contribution < 1.29 is 10.1 Å². The number of benzene rings is 1. The van der Waals surface area contributed by atoms with Gasteiger partial charge in [-0.05, 0) is 42.9 Å². The Morgan fingerprint density at radius 3 is 2.61 bits per heavy atom. The highest BCUT2D eigenvalue weighted by Gasteiger charge is 2.41. The number of rotatable bonds is 5. The van der Waals surface area contributed by atoms with Crippen LogP contribution in [0.2, 0.25) is 0 Å². The van der Waals surface area contributed by atoms with Crippen LogP contribution in [-0.4, -0.2) is 19.7 Å². The molecule has 0 aromatic heterocycles. The zero-order valence-electron chi connectivity index (χ0n) is 11.3. The summed E-state index contributed by atoms with van der Waals surface area (Å²) in [7, 11) is 1.72. The molecule has 0 heterocycles. The lowest BCUT2D eigenvalue weighted by Crippen LogP contribution is -2.91. The molecule has 0 saturated heterocycles. The average molecular weight is 246 g/mol. The lowest BCUT2D eigenvalue weighted by Gasteiger charge is -2.19. The highest BCUT2D eigenvalue weighted by Crippen LogP contribution is 2.42. The summed E-state index contributed by atoms with van der Waals surface area (Å²) >= 11 is 0. The summed E-state index contributed by atoms with van der Waals surface area (Å²) < 4.78 is 5.18. The van der Waals surface area contributed by atoms with Crippen LogP contribution in [-0.2, 0) is 6.42 Å². The van der Waals surface area contributed by atoms with Gasteiger partial charge in [-0.25, -0.2) is 0 Å². The van der Waals surface area contributed by atoms with E-state index in [0.717, 1.165) is 23.6 Å². The first-order valence-electron chi connectivity index (χ1n) is 7.31. The fourth-order valence-electron chi connectivity index (χ4n) is 3.84. The van der Waals surface area contributed by atoms with E-state index < -0.39 is 0 Å². The molecule has 2 saturated carbocycles. The van der Waals surface area contributed by atoms with Gasteiger partial charge < -0.3 is 10.1 Å². The number of hydrogen-bond donors (Lipinski definition) is 1. The van der Waals surface area contributed by atoms with Crippen molar-refractivity contribution >= 4 is 0 Å². The molecule has 2 nitrogen and oxygen atoms in total. The van der Waals surface area contributed by atoms with E-state index in [2.05, 4.69) is 29.6 Å². The minimum absolute atomic E-state index is 0.932. The molecule has 2 aliphatic rings. The van der Waals surface area contributed by atoms with Gasteiger partial charge in [0, 0.05) is 18.8 Å². The van der Waals surface area contributed by atoms with Crippen molar-refractivity contribution in [1.82, 2.24) is 0 Å². The quantitative estimate of drug-likeness (QED) is 0.845. The molecule has 0 radical (unpaired) electrons. The van der Waals surface area contributed by atoms with E-state index in [-0.39, 0.29) is 0 Å². The van der Waals surface area contributed by atoms with Gasteiger partial charge in [-0.15, -0.1) is 0 Å². The van der Waals surface area contributed by atoms with Gasteiger partial charge in [-0.3, -0.25) is 0 Å². The first-order valence-corrected chi connectivity index (χ1v) is 7.31. The van der Waals surface area contributed by atoms with Gasteiger partial charge >= 0.3 is 0 Å². The van der Waals surface area contributed by atoms with Gasteiger partial charge in [-0.2, -0.15) is 0 Å². The predicted molar refractivity (Wildman–Crippen MR) is 72.7 cm³/mol. The van der Waals surface area contributed by atoms with Gasteiger partial charge in [0.25, 0.3) is 0 Å². The van der Waals surface area contributed by atoms with Gasteiger partial charge in [0.1, 0.15) is 5.75 Å². The van der Waals surface area contributed by atoms with Crippen molar-refractivity contribution in [3.05, 3.63) is 29.8 Å². The minimum atomic E-state index is 0.932. The summed E-state index contributed by atoms with van der Waals surface area (Å²) in [6.07, 6.45) is 7.18. The minimum Gasteiger partial charge on any atom is -0.497 e. The van der Waals surface area contributed by atoms with Crippen LogP contribution in [0.5, 0.6) is 5.75 Å². The van der Waals surface area contributed by atoms with Gasteiger partial charge in [0.15, 0.2) is 0 Å². The average Bonchev–Trinajstić information content (AvgIpc) is 3.02. The predicted octanol–water partition coefficient (Wildman–Crippen LogP) is 1.99. The summed E-state index contributed by atoms with van der Waals surface area (Å²) in [4.78, 5) is 0. The molecule has 2 N–H and O–H groups in total. The summed E-state index contributed by atoms with van der Waals surface area (Å²) in [6, 6.07) is 9.43. The van der Waals surface area contributed by atoms with Crippen LogP contribution in [0, 0.1) is 11.8 Å². The van der Waals surface area contributed by atoms with Crippen molar-refractivity contribution in [2.75, 3.05) is 13.7 Å². The summed E-state index contributed by atoms with van der Waals surface area (Å²) in [6.45, 7) is 1.24. The highest BCUT2D eigenvalue weighted by atomic mass is 16.5. The van der Waals surface area contributed by atoms with E-state index in [0.29, 0.717) is 0 Å². The standard InChI is InChI=1S/C16H23NO/c1-18-15-6-3-12(4-7-15)8-9-17-16-11-13-2-5-14(16)10-13/h3-4,6-7,13-14,16-17H,2,5,8-11H2,1H3/p+1/t13-,14-,16-/m1/s1. The highest BCUT2D eigenvalue weighted by molar-refractivity contribution is 5.27. The van der Waals surface area contributed by atoms with Crippen LogP contribution in [0.3, 0.4) is 0 Å². The Bertz CT molecular complexity index is 387. The zero-order chi connectivity index (χ0) is 12.4. The first kappa shape index (κ1) is 12.0. The Hall–Kier alpha value is -1.02. The fourth-order valence-corrected chi connectivity index (χ4v) is 3.84. The van der Waals surface area contributed by atoms with Crippen LogP contribution in [0.15, 0.2) is 24.3 Å². The molecule has 2 bridgehead atoms. The second-order valence-electron chi connectivity index (χ2n) is 5.96. The van der Waals surface area contributed by atoms with Gasteiger partial charge in [0.2, 0.25) is 0 Å². The summed E-state index contributed by atoms with van der Waals surface area (Å²) in [5.41, 5.74) is 1.43. The summed E-state index contributed by atoms with van der Waals surface area (Å²) in [5.74, 6) is 3.05. The Labute approximate surface area is 110 Å². The van der Waals surface area contributed by atoms with Crippen molar-refractivity contribution in [1.29, 1.82) is 0 Å². The van der Waals surface area contributed by atoms with Crippen LogP contribution in [0.4, 0.5) is 0 Å². The third-order valence-electron chi connectivity index (χ3n) is 4.85. The molecule has 3 atom stereocenters. The molecule has 2 heteroatoms. The molecule has 2 aliphatic carbocycles.